The second-order valence-corrected chi connectivity index (χ2v) is 7.13. The third-order valence-electron chi connectivity index (χ3n) is 3.95. The summed E-state index contributed by atoms with van der Waals surface area (Å²) in [6.07, 6.45) is 0.355. The topological polar surface area (TPSA) is 102 Å². The number of carbonyl (C=O) groups is 4. The molecule has 2 aromatic rings. The van der Waals surface area contributed by atoms with Crippen molar-refractivity contribution in [1.29, 1.82) is 0 Å². The molecule has 0 radical (unpaired) electrons. The van der Waals surface area contributed by atoms with Gasteiger partial charge < -0.3 is 15.4 Å². The van der Waals surface area contributed by atoms with Crippen LogP contribution < -0.4 is 10.6 Å². The number of carbonyl (C=O) groups excluding carboxylic acids is 4. The molecule has 0 fully saturated rings. The third-order valence-corrected chi connectivity index (χ3v) is 4.77. The molecular formula is C21H20Cl2N2O5. The van der Waals surface area contributed by atoms with Crippen molar-refractivity contribution < 1.29 is 23.9 Å². The number of esters is 1. The molecule has 0 unspecified atom stereocenters. The van der Waals surface area contributed by atoms with Gasteiger partial charge in [-0.15, -0.1) is 0 Å². The van der Waals surface area contributed by atoms with Gasteiger partial charge in [0.05, 0.1) is 15.7 Å². The first-order valence-corrected chi connectivity index (χ1v) is 9.82. The van der Waals surface area contributed by atoms with Crippen LogP contribution in [-0.2, 0) is 19.1 Å². The Morgan fingerprint density at radius 3 is 2.27 bits per heavy atom. The van der Waals surface area contributed by atoms with E-state index in [1.807, 2.05) is 0 Å². The standard InChI is InChI=1S/C21H20Cl2N2O5/c1-13(26)14-8-10-15(11-9-14)24-18(27)6-3-7-20(29)30-12-19(28)25-17-5-2-4-16(22)21(17)23/h2,4-5,8-11H,3,6-7,12H2,1H3,(H,24,27)(H,25,28). The summed E-state index contributed by atoms with van der Waals surface area (Å²) in [7, 11) is 0. The number of halogens is 2. The summed E-state index contributed by atoms with van der Waals surface area (Å²) < 4.78 is 4.89. The van der Waals surface area contributed by atoms with Crippen molar-refractivity contribution in [2.24, 2.45) is 0 Å². The minimum Gasteiger partial charge on any atom is -0.456 e. The average Bonchev–Trinajstić information content (AvgIpc) is 2.70. The van der Waals surface area contributed by atoms with E-state index in [0.717, 1.165) is 0 Å². The van der Waals surface area contributed by atoms with Gasteiger partial charge in [0.1, 0.15) is 0 Å². The smallest absolute Gasteiger partial charge is 0.306 e. The molecule has 158 valence electrons. The Bertz CT molecular complexity index is 945. The van der Waals surface area contributed by atoms with E-state index < -0.39 is 18.5 Å². The molecule has 0 heterocycles. The Kier molecular flexibility index (Phi) is 8.83. The van der Waals surface area contributed by atoms with Gasteiger partial charge in [0, 0.05) is 24.1 Å². The van der Waals surface area contributed by atoms with Crippen LogP contribution >= 0.6 is 23.2 Å². The van der Waals surface area contributed by atoms with Crippen molar-refractivity contribution in [2.45, 2.75) is 26.2 Å². The number of rotatable bonds is 9. The van der Waals surface area contributed by atoms with Gasteiger partial charge >= 0.3 is 5.97 Å². The highest BCUT2D eigenvalue weighted by Crippen LogP contribution is 2.29. The number of Topliss-reactive ketones (excluding diaryl/α,β-unsaturated/α-hetero) is 1. The number of ether oxygens (including phenoxy) is 1. The lowest BCUT2D eigenvalue weighted by Crippen LogP contribution is -2.21. The molecule has 0 atom stereocenters. The molecule has 9 heteroatoms. The first-order chi connectivity index (χ1) is 14.3. The molecule has 0 saturated carbocycles. The van der Waals surface area contributed by atoms with Gasteiger partial charge in [-0.2, -0.15) is 0 Å². The first kappa shape index (κ1) is 23.4. The molecule has 0 spiro atoms. The van der Waals surface area contributed by atoms with Gasteiger partial charge in [0.25, 0.3) is 5.91 Å². The number of amides is 2. The lowest BCUT2D eigenvalue weighted by molar-refractivity contribution is -0.147. The Morgan fingerprint density at radius 1 is 0.900 bits per heavy atom. The fourth-order valence-corrected chi connectivity index (χ4v) is 2.76. The maximum atomic E-state index is 11.9. The summed E-state index contributed by atoms with van der Waals surface area (Å²) in [4.78, 5) is 46.8. The van der Waals surface area contributed by atoms with Crippen LogP contribution in [0.4, 0.5) is 11.4 Å². The van der Waals surface area contributed by atoms with Crippen LogP contribution in [0.2, 0.25) is 10.0 Å². The van der Waals surface area contributed by atoms with Crippen molar-refractivity contribution in [3.8, 4) is 0 Å². The van der Waals surface area contributed by atoms with Crippen LogP contribution in [0.25, 0.3) is 0 Å². The lowest BCUT2D eigenvalue weighted by Gasteiger charge is -2.09. The van der Waals surface area contributed by atoms with Crippen LogP contribution in [0.15, 0.2) is 42.5 Å². The van der Waals surface area contributed by atoms with Gasteiger partial charge in [0.2, 0.25) is 5.91 Å². The summed E-state index contributed by atoms with van der Waals surface area (Å²) >= 11 is 11.8. The van der Waals surface area contributed by atoms with E-state index in [9.17, 15) is 19.2 Å². The molecule has 0 bridgehead atoms. The fraction of sp³-hybridized carbons (Fsp3) is 0.238. The molecule has 2 aromatic carbocycles. The highest BCUT2D eigenvalue weighted by Gasteiger charge is 2.12. The predicted molar refractivity (Wildman–Crippen MR) is 115 cm³/mol. The number of benzene rings is 2. The summed E-state index contributed by atoms with van der Waals surface area (Å²) in [6.45, 7) is 0.985. The SMILES string of the molecule is CC(=O)c1ccc(NC(=O)CCCC(=O)OCC(=O)Nc2cccc(Cl)c2Cl)cc1. The van der Waals surface area contributed by atoms with E-state index in [1.54, 1.807) is 42.5 Å². The number of ketones is 1. The maximum Gasteiger partial charge on any atom is 0.306 e. The Morgan fingerprint density at radius 2 is 1.60 bits per heavy atom. The van der Waals surface area contributed by atoms with Gasteiger partial charge in [-0.1, -0.05) is 29.3 Å². The highest BCUT2D eigenvalue weighted by molar-refractivity contribution is 6.44. The van der Waals surface area contributed by atoms with Gasteiger partial charge in [-0.05, 0) is 49.7 Å². The van der Waals surface area contributed by atoms with E-state index in [-0.39, 0.29) is 36.0 Å². The average molecular weight is 451 g/mol. The van der Waals surface area contributed by atoms with Gasteiger partial charge in [-0.3, -0.25) is 19.2 Å². The Balaban J connectivity index is 1.66. The zero-order valence-electron chi connectivity index (χ0n) is 16.2. The summed E-state index contributed by atoms with van der Waals surface area (Å²) in [5, 5.41) is 5.67. The zero-order chi connectivity index (χ0) is 22.1. The zero-order valence-corrected chi connectivity index (χ0v) is 17.7. The van der Waals surface area contributed by atoms with Crippen molar-refractivity contribution >= 4 is 58.1 Å². The molecular weight excluding hydrogens is 431 g/mol. The molecule has 30 heavy (non-hydrogen) atoms. The summed E-state index contributed by atoms with van der Waals surface area (Å²) in [5.41, 5.74) is 1.43. The molecule has 0 aromatic heterocycles. The van der Waals surface area contributed by atoms with Crippen LogP contribution in [0.5, 0.6) is 0 Å². The monoisotopic (exact) mass is 450 g/mol. The van der Waals surface area contributed by atoms with E-state index in [2.05, 4.69) is 10.6 Å². The Labute approximate surface area is 183 Å². The lowest BCUT2D eigenvalue weighted by atomic mass is 10.1. The largest absolute Gasteiger partial charge is 0.456 e. The second-order valence-electron chi connectivity index (χ2n) is 6.35. The molecule has 0 saturated heterocycles. The molecule has 2 N–H and O–H groups in total. The van der Waals surface area contributed by atoms with Crippen molar-refractivity contribution in [3.63, 3.8) is 0 Å². The van der Waals surface area contributed by atoms with Crippen molar-refractivity contribution in [2.75, 3.05) is 17.2 Å². The first-order valence-electron chi connectivity index (χ1n) is 9.06. The van der Waals surface area contributed by atoms with E-state index in [4.69, 9.17) is 27.9 Å². The minimum absolute atomic E-state index is 0.0120. The maximum absolute atomic E-state index is 11.9. The predicted octanol–water partition coefficient (Wildman–Crippen LogP) is 4.49. The molecule has 0 aliphatic heterocycles. The van der Waals surface area contributed by atoms with E-state index in [1.165, 1.54) is 6.92 Å². The molecule has 7 nitrogen and oxygen atoms in total. The molecule has 2 amide bonds. The Hall–Kier alpha value is -2.90. The molecule has 0 aliphatic carbocycles. The van der Waals surface area contributed by atoms with Crippen LogP contribution in [-0.4, -0.2) is 30.2 Å². The summed E-state index contributed by atoms with van der Waals surface area (Å²) in [5.74, 6) is -1.48. The highest BCUT2D eigenvalue weighted by atomic mass is 35.5. The van der Waals surface area contributed by atoms with Crippen LogP contribution in [0.3, 0.4) is 0 Å². The fourth-order valence-electron chi connectivity index (χ4n) is 2.41. The number of hydrogen-bond donors (Lipinski definition) is 2. The van der Waals surface area contributed by atoms with Crippen molar-refractivity contribution in [3.05, 3.63) is 58.1 Å². The normalized spacial score (nSPS) is 10.2. The number of anilines is 2. The van der Waals surface area contributed by atoms with E-state index >= 15 is 0 Å². The van der Waals surface area contributed by atoms with E-state index in [0.29, 0.717) is 22.0 Å². The third kappa shape index (κ3) is 7.50. The van der Waals surface area contributed by atoms with Gasteiger partial charge in [-0.25, -0.2) is 0 Å². The number of hydrogen-bond acceptors (Lipinski definition) is 5. The van der Waals surface area contributed by atoms with Crippen molar-refractivity contribution in [1.82, 2.24) is 0 Å². The quantitative estimate of drug-likeness (QED) is 0.432. The summed E-state index contributed by atoms with van der Waals surface area (Å²) in [6, 6.07) is 11.3. The second kappa shape index (κ2) is 11.3. The molecule has 2 rings (SSSR count). The number of nitrogens with one attached hydrogen (secondary N) is 2. The van der Waals surface area contributed by atoms with Crippen LogP contribution in [0.1, 0.15) is 36.5 Å². The molecule has 0 aliphatic rings. The minimum atomic E-state index is -0.596. The van der Waals surface area contributed by atoms with Crippen LogP contribution in [0, 0.1) is 0 Å². The van der Waals surface area contributed by atoms with Gasteiger partial charge in [0.15, 0.2) is 12.4 Å².